The van der Waals surface area contributed by atoms with Gasteiger partial charge in [0, 0.05) is 10.2 Å². The van der Waals surface area contributed by atoms with E-state index >= 15 is 0 Å². The van der Waals surface area contributed by atoms with Crippen molar-refractivity contribution in [3.8, 4) is 0 Å². The number of hydrogen-bond acceptors (Lipinski definition) is 0. The molecule has 0 unspecified atom stereocenters. The second-order valence-electron chi connectivity index (χ2n) is 6.42. The van der Waals surface area contributed by atoms with Crippen LogP contribution < -0.4 is 0 Å². The molecule has 0 aliphatic carbocycles. The van der Waals surface area contributed by atoms with Crippen molar-refractivity contribution in [1.82, 2.24) is 0 Å². The van der Waals surface area contributed by atoms with Crippen molar-refractivity contribution in [1.29, 1.82) is 0 Å². The lowest BCUT2D eigenvalue weighted by molar-refractivity contribution is 0.530. The highest BCUT2D eigenvalue weighted by molar-refractivity contribution is 6.67. The van der Waals surface area contributed by atoms with E-state index in [0.29, 0.717) is 6.42 Å². The van der Waals surface area contributed by atoms with Crippen LogP contribution in [-0.2, 0) is 0 Å². The van der Waals surface area contributed by atoms with Gasteiger partial charge in [-0.1, -0.05) is 131 Å². The van der Waals surface area contributed by atoms with Gasteiger partial charge in [-0.05, 0) is 12.8 Å². The van der Waals surface area contributed by atoms with E-state index in [1.807, 2.05) is 0 Å². The highest BCUT2D eigenvalue weighted by Gasteiger charge is 2.17. The lowest BCUT2D eigenvalue weighted by Gasteiger charge is -2.09. The molecule has 0 amide bonds. The van der Waals surface area contributed by atoms with Crippen LogP contribution in [0.15, 0.2) is 0 Å². The molecule has 0 aliphatic heterocycles. The first kappa shape index (κ1) is 23.1. The molecule has 0 aromatic carbocycles. The summed E-state index contributed by atoms with van der Waals surface area (Å²) in [5, 5.41) is 0. The number of unbranched alkanes of at least 4 members (excludes halogenated alkanes) is 14. The van der Waals surface area contributed by atoms with Crippen molar-refractivity contribution in [2.45, 2.75) is 113 Å². The van der Waals surface area contributed by atoms with Crippen molar-refractivity contribution in [3.63, 3.8) is 0 Å². The first-order valence-electron chi connectivity index (χ1n) is 9.27. The van der Waals surface area contributed by atoms with Crippen LogP contribution >= 0.6 is 34.8 Å². The van der Waals surface area contributed by atoms with Crippen LogP contribution in [0.2, 0.25) is 6.04 Å². The van der Waals surface area contributed by atoms with Gasteiger partial charge in [-0.3, -0.25) is 0 Å². The van der Waals surface area contributed by atoms with E-state index < -0.39 is 3.79 Å². The van der Waals surface area contributed by atoms with Gasteiger partial charge in [-0.2, -0.15) is 0 Å². The van der Waals surface area contributed by atoms with E-state index in [1.165, 1.54) is 89.9 Å². The average molecular weight is 385 g/mol. The molecule has 0 fully saturated rings. The summed E-state index contributed by atoms with van der Waals surface area (Å²) in [5.74, 6) is 0. The zero-order valence-corrected chi connectivity index (χ0v) is 17.4. The molecule has 0 aromatic heterocycles. The maximum atomic E-state index is 5.73. The largest absolute Gasteiger partial charge is 0.190 e. The second-order valence-corrected chi connectivity index (χ2v) is 9.43. The molecule has 0 bridgehead atoms. The fourth-order valence-electron chi connectivity index (χ4n) is 2.75. The van der Waals surface area contributed by atoms with Gasteiger partial charge in [0.25, 0.3) is 0 Å². The molecule has 131 valence electrons. The molecule has 22 heavy (non-hydrogen) atoms. The minimum atomic E-state index is -1.05. The van der Waals surface area contributed by atoms with Crippen LogP contribution in [-0.4, -0.2) is 14.0 Å². The standard InChI is InChI=1S/C18H34Cl3Si/c19-18(20,21)16-14-12-10-8-6-4-2-1-3-5-7-9-11-13-15-17-22/h1-17H2. The summed E-state index contributed by atoms with van der Waals surface area (Å²) in [6.07, 6.45) is 21.0. The first-order chi connectivity index (χ1) is 10.6. The summed E-state index contributed by atoms with van der Waals surface area (Å²) in [6, 6.07) is 1.16. The van der Waals surface area contributed by atoms with Crippen molar-refractivity contribution in [3.05, 3.63) is 0 Å². The molecule has 0 atom stereocenters. The second kappa shape index (κ2) is 16.9. The highest BCUT2D eigenvalue weighted by Crippen LogP contribution is 2.32. The van der Waals surface area contributed by atoms with Crippen molar-refractivity contribution >= 4 is 45.0 Å². The first-order valence-corrected chi connectivity index (χ1v) is 11.1. The molecular weight excluding hydrogens is 351 g/mol. The number of hydrogen-bond donors (Lipinski definition) is 0. The summed E-state index contributed by atoms with van der Waals surface area (Å²) < 4.78 is -1.05. The summed E-state index contributed by atoms with van der Waals surface area (Å²) >= 11 is 17.2. The van der Waals surface area contributed by atoms with E-state index in [9.17, 15) is 0 Å². The van der Waals surface area contributed by atoms with E-state index in [-0.39, 0.29) is 0 Å². The summed E-state index contributed by atoms with van der Waals surface area (Å²) in [6.45, 7) is 0. The lowest BCUT2D eigenvalue weighted by atomic mass is 10.0. The Morgan fingerprint density at radius 2 is 0.727 bits per heavy atom. The fourth-order valence-corrected chi connectivity index (χ4v) is 3.40. The third-order valence-electron chi connectivity index (χ3n) is 4.14. The Morgan fingerprint density at radius 3 is 1.00 bits per heavy atom. The van der Waals surface area contributed by atoms with Gasteiger partial charge in [-0.15, -0.1) is 0 Å². The zero-order chi connectivity index (χ0) is 16.5. The monoisotopic (exact) mass is 383 g/mol. The van der Waals surface area contributed by atoms with Crippen LogP contribution in [0, 0.1) is 0 Å². The van der Waals surface area contributed by atoms with Crippen molar-refractivity contribution in [2.24, 2.45) is 0 Å². The van der Waals surface area contributed by atoms with Gasteiger partial charge in [0.1, 0.15) is 0 Å². The molecule has 0 aliphatic rings. The quantitative estimate of drug-likeness (QED) is 0.143. The molecule has 0 spiro atoms. The molecule has 0 heterocycles. The summed E-state index contributed by atoms with van der Waals surface area (Å²) in [4.78, 5) is 0. The Bertz CT molecular complexity index is 217. The zero-order valence-electron chi connectivity index (χ0n) is 14.2. The van der Waals surface area contributed by atoms with E-state index in [0.717, 1.165) is 12.5 Å². The van der Waals surface area contributed by atoms with E-state index in [1.54, 1.807) is 0 Å². The van der Waals surface area contributed by atoms with Gasteiger partial charge < -0.3 is 0 Å². The Labute approximate surface area is 157 Å². The molecule has 0 rings (SSSR count). The van der Waals surface area contributed by atoms with Crippen molar-refractivity contribution < 1.29 is 0 Å². The predicted molar refractivity (Wildman–Crippen MR) is 105 cm³/mol. The van der Waals surface area contributed by atoms with Gasteiger partial charge in [0.15, 0.2) is 3.79 Å². The molecule has 0 N–H and O–H groups in total. The highest BCUT2D eigenvalue weighted by atomic mass is 35.6. The van der Waals surface area contributed by atoms with Crippen LogP contribution in [0.3, 0.4) is 0 Å². The third kappa shape index (κ3) is 21.1. The predicted octanol–water partition coefficient (Wildman–Crippen LogP) is 8.19. The van der Waals surface area contributed by atoms with Crippen LogP contribution in [0.25, 0.3) is 0 Å². The summed E-state index contributed by atoms with van der Waals surface area (Å²) in [5.41, 5.74) is 0. The number of halogens is 3. The van der Waals surface area contributed by atoms with Gasteiger partial charge in [0.05, 0.1) is 0 Å². The summed E-state index contributed by atoms with van der Waals surface area (Å²) in [7, 11) is 3.53. The maximum Gasteiger partial charge on any atom is 0.190 e. The van der Waals surface area contributed by atoms with Crippen LogP contribution in [0.1, 0.15) is 103 Å². The topological polar surface area (TPSA) is 0 Å². The SMILES string of the molecule is [Si]CCCCCCCCCCCCCCCCCC(Cl)(Cl)Cl. The van der Waals surface area contributed by atoms with Gasteiger partial charge >= 0.3 is 0 Å². The number of rotatable bonds is 16. The van der Waals surface area contributed by atoms with E-state index in [2.05, 4.69) is 10.2 Å². The normalized spacial score (nSPS) is 12.0. The van der Waals surface area contributed by atoms with Crippen LogP contribution in [0.4, 0.5) is 0 Å². The Morgan fingerprint density at radius 1 is 0.455 bits per heavy atom. The minimum Gasteiger partial charge on any atom is -0.0837 e. The van der Waals surface area contributed by atoms with Gasteiger partial charge in [-0.25, -0.2) is 0 Å². The third-order valence-corrected chi connectivity index (χ3v) is 5.06. The molecule has 3 radical (unpaired) electrons. The van der Waals surface area contributed by atoms with Crippen LogP contribution in [0.5, 0.6) is 0 Å². The van der Waals surface area contributed by atoms with E-state index in [4.69, 9.17) is 34.8 Å². The Balaban J connectivity index is 3.00. The number of alkyl halides is 3. The molecule has 0 saturated heterocycles. The molecule has 0 nitrogen and oxygen atoms in total. The molecule has 0 aromatic rings. The Kier molecular flexibility index (Phi) is 17.8. The lowest BCUT2D eigenvalue weighted by Crippen LogP contribution is -2.00. The maximum absolute atomic E-state index is 5.73. The molecular formula is C18H34Cl3Si. The van der Waals surface area contributed by atoms with Gasteiger partial charge in [0.2, 0.25) is 0 Å². The fraction of sp³-hybridized carbons (Fsp3) is 1.00. The average Bonchev–Trinajstić information content (AvgIpc) is 2.45. The Hall–Kier alpha value is 1.09. The van der Waals surface area contributed by atoms with Crippen molar-refractivity contribution in [2.75, 3.05) is 0 Å². The minimum absolute atomic E-state index is 0.688. The molecule has 0 saturated carbocycles. The smallest absolute Gasteiger partial charge is 0.0837 e. The molecule has 4 heteroatoms.